The van der Waals surface area contributed by atoms with E-state index in [9.17, 15) is 14.4 Å². The molecule has 0 saturated carbocycles. The molecule has 0 aliphatic heterocycles. The van der Waals surface area contributed by atoms with Crippen molar-refractivity contribution in [3.8, 4) is 0 Å². The topological polar surface area (TPSA) is 236 Å². The molecule has 0 saturated heterocycles. The third-order valence-electron chi connectivity index (χ3n) is 3.23. The Morgan fingerprint density at radius 1 is 0.765 bits per heavy atom. The van der Waals surface area contributed by atoms with E-state index in [4.69, 9.17) is 22.3 Å². The van der Waals surface area contributed by atoms with Crippen molar-refractivity contribution >= 4 is 83.0 Å². The van der Waals surface area contributed by atoms with Crippen molar-refractivity contribution in [1.82, 2.24) is 29.9 Å². The van der Waals surface area contributed by atoms with Gasteiger partial charge in [-0.1, -0.05) is 0 Å². The molecule has 0 aliphatic carbocycles. The second-order valence-corrected chi connectivity index (χ2v) is 8.07. The van der Waals surface area contributed by atoms with Gasteiger partial charge in [0.15, 0.2) is 34.6 Å². The van der Waals surface area contributed by atoms with Crippen molar-refractivity contribution in [1.29, 1.82) is 0 Å². The van der Waals surface area contributed by atoms with E-state index in [1.54, 1.807) is 0 Å². The van der Waals surface area contributed by atoms with E-state index < -0.39 is 11.9 Å². The average molecular weight is 666 g/mol. The lowest BCUT2D eigenvalue weighted by Gasteiger charge is -2.00. The summed E-state index contributed by atoms with van der Waals surface area (Å²) >= 11 is 9.11. The average Bonchev–Trinajstić information content (AvgIpc) is 2.78. The highest BCUT2D eigenvalue weighted by Crippen LogP contribution is 2.12. The number of methoxy groups -OCH3 is 1. The number of ketones is 1. The fraction of sp³-hybridized carbons (Fsp3) is 0.118. The van der Waals surface area contributed by atoms with E-state index in [1.807, 2.05) is 0 Å². The minimum absolute atomic E-state index is 0.0203. The van der Waals surface area contributed by atoms with Crippen LogP contribution in [0.1, 0.15) is 38.4 Å². The first-order chi connectivity index (χ1) is 15.9. The standard InChI is InChI=1S/C6H6BrN3O2.C6H6BrN3O.C5H4BrN3O2/c1-12-6(11)4-5(8)9-2-3(7)10-4;1-3(11)5-6(8)9-2-4(7)10-5;6-2-1-8-4(7)3(9-2)5(10)11/h2H,1H3,(H2,8,9);2H,1H3,(H2,8,9);1H,(H2,7,8)(H,10,11). The maximum absolute atomic E-state index is 11.0. The van der Waals surface area contributed by atoms with Gasteiger partial charge >= 0.3 is 11.9 Å². The van der Waals surface area contributed by atoms with Gasteiger partial charge in [-0.2, -0.15) is 0 Å². The van der Waals surface area contributed by atoms with Gasteiger partial charge in [-0.15, -0.1) is 0 Å². The van der Waals surface area contributed by atoms with Crippen LogP contribution >= 0.6 is 47.8 Å². The second-order valence-electron chi connectivity index (χ2n) is 5.63. The van der Waals surface area contributed by atoms with E-state index in [2.05, 4.69) is 82.4 Å². The normalized spacial score (nSPS) is 9.56. The zero-order valence-electron chi connectivity index (χ0n) is 17.4. The molecular weight excluding hydrogens is 650 g/mol. The van der Waals surface area contributed by atoms with Crippen LogP contribution in [0.5, 0.6) is 0 Å². The monoisotopic (exact) mass is 663 g/mol. The molecule has 3 aromatic rings. The van der Waals surface area contributed by atoms with Crippen LogP contribution in [-0.2, 0) is 4.74 Å². The number of nitrogens with zero attached hydrogens (tertiary/aromatic N) is 6. The molecule has 0 radical (unpaired) electrons. The van der Waals surface area contributed by atoms with Crippen molar-refractivity contribution in [3.05, 3.63) is 49.5 Å². The van der Waals surface area contributed by atoms with E-state index in [0.717, 1.165) is 0 Å². The lowest BCUT2D eigenvalue weighted by atomic mass is 10.3. The summed E-state index contributed by atoms with van der Waals surface area (Å²) in [6.07, 6.45) is 4.19. The van der Waals surface area contributed by atoms with Crippen LogP contribution in [0, 0.1) is 0 Å². The molecule has 0 spiro atoms. The summed E-state index contributed by atoms with van der Waals surface area (Å²) < 4.78 is 5.73. The van der Waals surface area contributed by atoms with Crippen molar-refractivity contribution in [3.63, 3.8) is 0 Å². The van der Waals surface area contributed by atoms with Gasteiger partial charge in [0.1, 0.15) is 19.5 Å². The van der Waals surface area contributed by atoms with Crippen molar-refractivity contribution < 1.29 is 24.2 Å². The van der Waals surface area contributed by atoms with E-state index in [-0.39, 0.29) is 40.3 Å². The third-order valence-corrected chi connectivity index (χ3v) is 4.38. The summed E-state index contributed by atoms with van der Waals surface area (Å²) in [7, 11) is 1.25. The molecule has 14 nitrogen and oxygen atoms in total. The van der Waals surface area contributed by atoms with Gasteiger partial charge in [0.25, 0.3) is 0 Å². The molecule has 3 rings (SSSR count). The van der Waals surface area contributed by atoms with Crippen molar-refractivity contribution in [2.24, 2.45) is 0 Å². The highest BCUT2D eigenvalue weighted by molar-refractivity contribution is 9.11. The number of esters is 1. The SMILES string of the molecule is CC(=O)c1nc(Br)cnc1N.COC(=O)c1nc(Br)cnc1N.Nc1ncc(Br)nc1C(=O)O. The number of carbonyl (C=O) groups is 3. The number of anilines is 3. The highest BCUT2D eigenvalue weighted by atomic mass is 79.9. The molecule has 180 valence electrons. The van der Waals surface area contributed by atoms with Gasteiger partial charge < -0.3 is 27.0 Å². The van der Waals surface area contributed by atoms with Crippen LogP contribution in [-0.4, -0.2) is 59.8 Å². The number of nitrogen functional groups attached to an aromatic ring is 3. The maximum atomic E-state index is 11.0. The fourth-order valence-electron chi connectivity index (χ4n) is 1.79. The molecule has 3 aromatic heterocycles. The number of nitrogens with two attached hydrogens (primary N) is 3. The number of hydrogen-bond donors (Lipinski definition) is 4. The molecule has 0 fully saturated rings. The first-order valence-electron chi connectivity index (χ1n) is 8.53. The summed E-state index contributed by atoms with van der Waals surface area (Å²) in [6.45, 7) is 1.40. The number of aromatic carboxylic acids is 1. The molecule has 0 amide bonds. The quantitative estimate of drug-likeness (QED) is 0.232. The molecule has 0 aliphatic rings. The number of ether oxygens (including phenoxy) is 1. The van der Waals surface area contributed by atoms with Gasteiger partial charge in [-0.25, -0.2) is 39.5 Å². The van der Waals surface area contributed by atoms with Gasteiger partial charge in [0.05, 0.1) is 25.7 Å². The highest BCUT2D eigenvalue weighted by Gasteiger charge is 2.13. The van der Waals surface area contributed by atoms with Gasteiger partial charge in [-0.3, -0.25) is 4.79 Å². The predicted molar refractivity (Wildman–Crippen MR) is 131 cm³/mol. The maximum Gasteiger partial charge on any atom is 0.360 e. The van der Waals surface area contributed by atoms with E-state index >= 15 is 0 Å². The van der Waals surface area contributed by atoms with Crippen LogP contribution < -0.4 is 17.2 Å². The second kappa shape index (κ2) is 13.4. The van der Waals surface area contributed by atoms with E-state index in [0.29, 0.717) is 13.8 Å². The van der Waals surface area contributed by atoms with Gasteiger partial charge in [0.2, 0.25) is 0 Å². The molecule has 0 aromatic carbocycles. The molecule has 34 heavy (non-hydrogen) atoms. The third kappa shape index (κ3) is 8.91. The molecular formula is C17H16Br3N9O5. The number of carboxylic acids is 1. The minimum Gasteiger partial charge on any atom is -0.476 e. The number of Topliss-reactive ketones (excluding diaryl/α,β-unsaturated/α-hetero) is 1. The van der Waals surface area contributed by atoms with Crippen molar-refractivity contribution in [2.45, 2.75) is 6.92 Å². The Kier molecular flexibility index (Phi) is 11.3. The molecule has 0 bridgehead atoms. The Labute approximate surface area is 217 Å². The summed E-state index contributed by atoms with van der Waals surface area (Å²) in [5, 5.41) is 8.49. The largest absolute Gasteiger partial charge is 0.476 e. The smallest absolute Gasteiger partial charge is 0.360 e. The van der Waals surface area contributed by atoms with Crippen LogP contribution in [0.3, 0.4) is 0 Å². The Morgan fingerprint density at radius 3 is 1.44 bits per heavy atom. The molecule has 3 heterocycles. The summed E-state index contributed by atoms with van der Waals surface area (Å²) in [5.41, 5.74) is 16.0. The Bertz CT molecular complexity index is 1150. The predicted octanol–water partition coefficient (Wildman–Crippen LogP) is 2.15. The van der Waals surface area contributed by atoms with Crippen LogP contribution in [0.2, 0.25) is 0 Å². The molecule has 7 N–H and O–H groups in total. The number of carbonyl (C=O) groups excluding carboxylic acids is 2. The zero-order chi connectivity index (χ0) is 26.0. The summed E-state index contributed by atoms with van der Waals surface area (Å²) in [6, 6.07) is 0. The van der Waals surface area contributed by atoms with Gasteiger partial charge in [0, 0.05) is 6.92 Å². The number of aromatic nitrogens is 6. The number of hydrogen-bond acceptors (Lipinski definition) is 13. The lowest BCUT2D eigenvalue weighted by molar-refractivity contribution is 0.0593. The fourth-order valence-corrected chi connectivity index (χ4v) is 2.63. The van der Waals surface area contributed by atoms with Crippen LogP contribution in [0.4, 0.5) is 17.5 Å². The number of carboxylic acid groups (broad SMARTS) is 1. The van der Waals surface area contributed by atoms with Crippen LogP contribution in [0.15, 0.2) is 32.4 Å². The molecule has 0 atom stereocenters. The summed E-state index contributed by atoms with van der Waals surface area (Å²) in [5.74, 6) is -1.82. The summed E-state index contributed by atoms with van der Waals surface area (Å²) in [4.78, 5) is 54.4. The lowest BCUT2D eigenvalue weighted by Crippen LogP contribution is -2.09. The first-order valence-corrected chi connectivity index (χ1v) is 10.9. The number of rotatable bonds is 3. The number of halogens is 3. The molecule has 0 unspecified atom stereocenters. The Morgan fingerprint density at radius 2 is 1.12 bits per heavy atom. The van der Waals surface area contributed by atoms with E-state index in [1.165, 1.54) is 32.6 Å². The Balaban J connectivity index is 0.000000255. The zero-order valence-corrected chi connectivity index (χ0v) is 22.1. The first kappa shape index (κ1) is 28.7. The minimum atomic E-state index is -1.18. The Hall–Kier alpha value is -3.31. The molecule has 17 heteroatoms. The van der Waals surface area contributed by atoms with Crippen LogP contribution in [0.25, 0.3) is 0 Å². The van der Waals surface area contributed by atoms with Gasteiger partial charge in [-0.05, 0) is 47.8 Å². The van der Waals surface area contributed by atoms with Crippen molar-refractivity contribution in [2.75, 3.05) is 24.3 Å².